The second-order valence-electron chi connectivity index (χ2n) is 5.86. The number of hydrogen-bond donors (Lipinski definition) is 0. The van der Waals surface area contributed by atoms with Crippen LogP contribution in [-0.4, -0.2) is 46.4 Å². The Morgan fingerprint density at radius 1 is 1.08 bits per heavy atom. The van der Waals surface area contributed by atoms with Crippen molar-refractivity contribution in [2.24, 2.45) is 0 Å². The lowest BCUT2D eigenvalue weighted by Crippen LogP contribution is -2.37. The summed E-state index contributed by atoms with van der Waals surface area (Å²) in [6.45, 7) is 3.00. The Morgan fingerprint density at radius 2 is 1.71 bits per heavy atom. The first-order valence-corrected chi connectivity index (χ1v) is 9.87. The van der Waals surface area contributed by atoms with E-state index in [9.17, 15) is 13.8 Å². The van der Waals surface area contributed by atoms with Gasteiger partial charge in [0.05, 0.1) is 21.3 Å². The summed E-state index contributed by atoms with van der Waals surface area (Å²) in [5.41, 5.74) is 0.276. The van der Waals surface area contributed by atoms with E-state index in [1.807, 2.05) is 0 Å². The minimum atomic E-state index is -1.24. The topological polar surface area (TPSA) is 63.7 Å². The maximum Gasteiger partial charge on any atom is 0.339 e. The molecule has 6 heteroatoms. The molecule has 0 spiro atoms. The van der Waals surface area contributed by atoms with E-state index in [1.54, 1.807) is 36.1 Å². The highest BCUT2D eigenvalue weighted by molar-refractivity contribution is 7.85. The van der Waals surface area contributed by atoms with E-state index in [1.165, 1.54) is 6.42 Å². The quantitative estimate of drug-likeness (QED) is 0.765. The molecule has 1 saturated heterocycles. The van der Waals surface area contributed by atoms with Gasteiger partial charge in [-0.15, -0.1) is 0 Å². The normalized spacial score (nSPS) is 16.8. The summed E-state index contributed by atoms with van der Waals surface area (Å²) in [5.74, 6) is -0.316. The van der Waals surface area contributed by atoms with Crippen LogP contribution >= 0.6 is 0 Å². The molecule has 1 aliphatic heterocycles. The Balaban J connectivity index is 1.95. The average Bonchev–Trinajstić information content (AvgIpc) is 2.58. The molecule has 1 aromatic rings. The van der Waals surface area contributed by atoms with Gasteiger partial charge in [-0.2, -0.15) is 0 Å². The van der Waals surface area contributed by atoms with Crippen molar-refractivity contribution in [1.29, 1.82) is 0 Å². The van der Waals surface area contributed by atoms with Crippen LogP contribution in [0.1, 0.15) is 49.4 Å². The molecule has 1 amide bonds. The molecule has 0 aliphatic carbocycles. The molecule has 0 saturated carbocycles. The zero-order valence-electron chi connectivity index (χ0n) is 14.2. The summed E-state index contributed by atoms with van der Waals surface area (Å²) >= 11 is 0. The van der Waals surface area contributed by atoms with Gasteiger partial charge >= 0.3 is 5.97 Å². The lowest BCUT2D eigenvalue weighted by molar-refractivity contribution is -0.134. The standard InChI is InChI=1S/C18H25NO4S/c1-2-24(22)16-11-7-6-10-15(16)18(21)23-14-17(20)19-12-8-4-3-5-9-13-19/h6-7,10-11H,2-5,8-9,12-14H2,1H3. The molecule has 1 fully saturated rings. The predicted octanol–water partition coefficient (Wildman–Crippen LogP) is 2.76. The van der Waals surface area contributed by atoms with Gasteiger partial charge in [-0.1, -0.05) is 38.3 Å². The smallest absolute Gasteiger partial charge is 0.339 e. The molecule has 132 valence electrons. The van der Waals surface area contributed by atoms with E-state index >= 15 is 0 Å². The van der Waals surface area contributed by atoms with Crippen molar-refractivity contribution in [1.82, 2.24) is 4.90 Å². The van der Waals surface area contributed by atoms with Gasteiger partial charge in [-0.05, 0) is 25.0 Å². The Bertz CT molecular complexity index is 594. The molecular formula is C18H25NO4S. The van der Waals surface area contributed by atoms with Gasteiger partial charge < -0.3 is 9.64 Å². The number of ether oxygens (including phenoxy) is 1. The molecule has 1 heterocycles. The van der Waals surface area contributed by atoms with E-state index in [2.05, 4.69) is 0 Å². The van der Waals surface area contributed by atoms with Crippen molar-refractivity contribution < 1.29 is 18.5 Å². The van der Waals surface area contributed by atoms with Crippen molar-refractivity contribution in [2.45, 2.75) is 43.9 Å². The third kappa shape index (κ3) is 5.16. The molecule has 1 aromatic carbocycles. The van der Waals surface area contributed by atoms with Crippen LogP contribution < -0.4 is 0 Å². The van der Waals surface area contributed by atoms with Gasteiger partial charge in [0.2, 0.25) is 0 Å². The van der Waals surface area contributed by atoms with E-state index in [0.717, 1.165) is 38.8 Å². The number of likely N-dealkylation sites (tertiary alicyclic amines) is 1. The molecule has 1 atom stereocenters. The maximum absolute atomic E-state index is 12.3. The van der Waals surface area contributed by atoms with E-state index in [4.69, 9.17) is 4.74 Å². The zero-order chi connectivity index (χ0) is 17.4. The number of nitrogens with zero attached hydrogens (tertiary/aromatic N) is 1. The molecule has 1 aliphatic rings. The van der Waals surface area contributed by atoms with Gasteiger partial charge in [0.25, 0.3) is 5.91 Å². The van der Waals surface area contributed by atoms with Crippen molar-refractivity contribution in [3.63, 3.8) is 0 Å². The van der Waals surface area contributed by atoms with Crippen molar-refractivity contribution in [3.8, 4) is 0 Å². The summed E-state index contributed by atoms with van der Waals surface area (Å²) in [6, 6.07) is 6.69. The Hall–Kier alpha value is -1.69. The molecule has 0 bridgehead atoms. The SMILES string of the molecule is CCS(=O)c1ccccc1C(=O)OCC(=O)N1CCCCCCC1. The number of rotatable bonds is 5. The monoisotopic (exact) mass is 351 g/mol. The van der Waals surface area contributed by atoms with Crippen LogP contribution in [0.25, 0.3) is 0 Å². The van der Waals surface area contributed by atoms with Crippen molar-refractivity contribution in [3.05, 3.63) is 29.8 Å². The zero-order valence-corrected chi connectivity index (χ0v) is 15.0. The third-order valence-electron chi connectivity index (χ3n) is 4.15. The molecule has 1 unspecified atom stereocenters. The van der Waals surface area contributed by atoms with Crippen molar-refractivity contribution >= 4 is 22.7 Å². The largest absolute Gasteiger partial charge is 0.452 e. The Labute approximate surface area is 145 Å². The number of carbonyl (C=O) groups excluding carboxylic acids is 2. The van der Waals surface area contributed by atoms with Crippen LogP contribution in [0.3, 0.4) is 0 Å². The van der Waals surface area contributed by atoms with E-state index in [-0.39, 0.29) is 18.1 Å². The predicted molar refractivity (Wildman–Crippen MR) is 93.3 cm³/mol. The second-order valence-corrected chi connectivity index (χ2v) is 7.56. The van der Waals surface area contributed by atoms with Gasteiger partial charge in [-0.25, -0.2) is 4.79 Å². The van der Waals surface area contributed by atoms with Crippen LogP contribution in [-0.2, 0) is 20.3 Å². The molecule has 0 N–H and O–H groups in total. The first kappa shape index (κ1) is 18.6. The highest BCUT2D eigenvalue weighted by atomic mass is 32.2. The van der Waals surface area contributed by atoms with Gasteiger partial charge in [0.1, 0.15) is 0 Å². The lowest BCUT2D eigenvalue weighted by Gasteiger charge is -2.24. The molecule has 2 rings (SSSR count). The van der Waals surface area contributed by atoms with Crippen molar-refractivity contribution in [2.75, 3.05) is 25.4 Å². The second kappa shape index (κ2) is 9.57. The minimum absolute atomic E-state index is 0.153. The number of benzene rings is 1. The fourth-order valence-corrected chi connectivity index (χ4v) is 3.72. The highest BCUT2D eigenvalue weighted by Crippen LogP contribution is 2.15. The summed E-state index contributed by atoms with van der Waals surface area (Å²) in [4.78, 5) is 26.8. The van der Waals surface area contributed by atoms with Crippen LogP contribution in [0.4, 0.5) is 0 Å². The Kier molecular flexibility index (Phi) is 7.43. The minimum Gasteiger partial charge on any atom is -0.452 e. The van der Waals surface area contributed by atoms with Crippen LogP contribution in [0, 0.1) is 0 Å². The van der Waals surface area contributed by atoms with Gasteiger partial charge in [0.15, 0.2) is 6.61 Å². The molecule has 0 aromatic heterocycles. The molecule has 5 nitrogen and oxygen atoms in total. The first-order valence-electron chi connectivity index (χ1n) is 8.55. The Morgan fingerprint density at radius 3 is 2.38 bits per heavy atom. The van der Waals surface area contributed by atoms with Crippen LogP contribution in [0.2, 0.25) is 0 Å². The maximum atomic E-state index is 12.3. The first-order chi connectivity index (χ1) is 11.6. The fraction of sp³-hybridized carbons (Fsp3) is 0.556. The average molecular weight is 351 g/mol. The summed E-state index contributed by atoms with van der Waals surface area (Å²) in [7, 11) is -1.24. The van der Waals surface area contributed by atoms with E-state index in [0.29, 0.717) is 10.6 Å². The third-order valence-corrected chi connectivity index (χ3v) is 5.52. The number of amides is 1. The fourth-order valence-electron chi connectivity index (χ4n) is 2.78. The van der Waals surface area contributed by atoms with Gasteiger partial charge in [-0.3, -0.25) is 9.00 Å². The van der Waals surface area contributed by atoms with Crippen LogP contribution in [0.5, 0.6) is 0 Å². The summed E-state index contributed by atoms with van der Waals surface area (Å²) in [6.07, 6.45) is 5.50. The highest BCUT2D eigenvalue weighted by Gasteiger charge is 2.20. The van der Waals surface area contributed by atoms with E-state index < -0.39 is 16.8 Å². The lowest BCUT2D eigenvalue weighted by atomic mass is 10.1. The molecular weight excluding hydrogens is 326 g/mol. The number of esters is 1. The van der Waals surface area contributed by atoms with Gasteiger partial charge in [0, 0.05) is 18.8 Å². The molecule has 24 heavy (non-hydrogen) atoms. The number of carbonyl (C=O) groups is 2. The number of hydrogen-bond acceptors (Lipinski definition) is 4. The summed E-state index contributed by atoms with van der Waals surface area (Å²) < 4.78 is 17.2. The molecule has 0 radical (unpaired) electrons. The summed E-state index contributed by atoms with van der Waals surface area (Å²) in [5, 5.41) is 0. The van der Waals surface area contributed by atoms with Crippen LogP contribution in [0.15, 0.2) is 29.2 Å².